The summed E-state index contributed by atoms with van der Waals surface area (Å²) in [6.45, 7) is 2.05. The SMILES string of the molecule is Cc1cnccc1C(N)CCc1cnn(C)c1. The van der Waals surface area contributed by atoms with E-state index in [0.717, 1.165) is 18.4 Å². The van der Waals surface area contributed by atoms with Gasteiger partial charge in [-0.2, -0.15) is 5.10 Å². The zero-order valence-corrected chi connectivity index (χ0v) is 10.3. The zero-order chi connectivity index (χ0) is 12.3. The highest BCUT2D eigenvalue weighted by molar-refractivity contribution is 5.25. The van der Waals surface area contributed by atoms with E-state index in [1.54, 1.807) is 6.20 Å². The molecule has 0 saturated carbocycles. The molecular formula is C13H18N4. The number of aryl methyl sites for hydroxylation is 3. The van der Waals surface area contributed by atoms with Crippen LogP contribution in [-0.4, -0.2) is 14.8 Å². The summed E-state index contributed by atoms with van der Waals surface area (Å²) in [5, 5.41) is 4.15. The number of hydrogen-bond donors (Lipinski definition) is 1. The zero-order valence-electron chi connectivity index (χ0n) is 10.3. The summed E-state index contributed by atoms with van der Waals surface area (Å²) in [5.74, 6) is 0. The average molecular weight is 230 g/mol. The van der Waals surface area contributed by atoms with Crippen LogP contribution in [0.25, 0.3) is 0 Å². The van der Waals surface area contributed by atoms with Crippen LogP contribution in [-0.2, 0) is 13.5 Å². The van der Waals surface area contributed by atoms with Gasteiger partial charge >= 0.3 is 0 Å². The fourth-order valence-corrected chi connectivity index (χ4v) is 1.98. The van der Waals surface area contributed by atoms with E-state index in [0.29, 0.717) is 0 Å². The Morgan fingerprint density at radius 2 is 2.24 bits per heavy atom. The lowest BCUT2D eigenvalue weighted by Crippen LogP contribution is -2.12. The molecule has 1 atom stereocenters. The molecule has 90 valence electrons. The molecule has 0 bridgehead atoms. The molecule has 0 aliphatic rings. The Kier molecular flexibility index (Phi) is 3.54. The summed E-state index contributed by atoms with van der Waals surface area (Å²) in [6, 6.07) is 2.07. The molecule has 2 N–H and O–H groups in total. The van der Waals surface area contributed by atoms with Crippen molar-refractivity contribution in [3.05, 3.63) is 47.5 Å². The van der Waals surface area contributed by atoms with Gasteiger partial charge in [-0.3, -0.25) is 9.67 Å². The van der Waals surface area contributed by atoms with Crippen LogP contribution in [0.1, 0.15) is 29.2 Å². The number of hydrogen-bond acceptors (Lipinski definition) is 3. The predicted octanol–water partition coefficient (Wildman–Crippen LogP) is 1.76. The standard InChI is InChI=1S/C13H18N4/c1-10-7-15-6-5-12(10)13(14)4-3-11-8-16-17(2)9-11/h5-9,13H,3-4,14H2,1-2H3. The smallest absolute Gasteiger partial charge is 0.0521 e. The molecule has 0 aliphatic carbocycles. The predicted molar refractivity (Wildman–Crippen MR) is 67.4 cm³/mol. The highest BCUT2D eigenvalue weighted by Gasteiger charge is 2.09. The van der Waals surface area contributed by atoms with Crippen LogP contribution in [0.15, 0.2) is 30.9 Å². The Bertz CT molecular complexity index is 490. The summed E-state index contributed by atoms with van der Waals surface area (Å²) in [6.07, 6.45) is 9.47. The highest BCUT2D eigenvalue weighted by atomic mass is 15.2. The fourth-order valence-electron chi connectivity index (χ4n) is 1.98. The first-order chi connectivity index (χ1) is 8.16. The Hall–Kier alpha value is -1.68. The third-order valence-corrected chi connectivity index (χ3v) is 2.97. The topological polar surface area (TPSA) is 56.7 Å². The van der Waals surface area contributed by atoms with Crippen LogP contribution in [0, 0.1) is 6.92 Å². The lowest BCUT2D eigenvalue weighted by Gasteiger charge is -2.13. The van der Waals surface area contributed by atoms with Crippen molar-refractivity contribution >= 4 is 0 Å². The van der Waals surface area contributed by atoms with E-state index in [-0.39, 0.29) is 6.04 Å². The molecule has 0 aliphatic heterocycles. The largest absolute Gasteiger partial charge is 0.324 e. The molecule has 2 aromatic rings. The van der Waals surface area contributed by atoms with Gasteiger partial charge in [0.1, 0.15) is 0 Å². The summed E-state index contributed by atoms with van der Waals surface area (Å²) in [7, 11) is 1.93. The third-order valence-electron chi connectivity index (χ3n) is 2.97. The molecule has 2 heterocycles. The van der Waals surface area contributed by atoms with Gasteiger partial charge in [-0.15, -0.1) is 0 Å². The number of aromatic nitrogens is 3. The molecule has 0 spiro atoms. The van der Waals surface area contributed by atoms with Crippen LogP contribution in [0.4, 0.5) is 0 Å². The van der Waals surface area contributed by atoms with Crippen LogP contribution < -0.4 is 5.73 Å². The lowest BCUT2D eigenvalue weighted by atomic mass is 9.99. The van der Waals surface area contributed by atoms with E-state index in [2.05, 4.69) is 10.1 Å². The van der Waals surface area contributed by atoms with Crippen LogP contribution in [0.5, 0.6) is 0 Å². The van der Waals surface area contributed by atoms with Crippen molar-refractivity contribution in [3.8, 4) is 0 Å². The van der Waals surface area contributed by atoms with E-state index in [4.69, 9.17) is 5.73 Å². The van der Waals surface area contributed by atoms with E-state index in [1.165, 1.54) is 11.1 Å². The molecule has 0 amide bonds. The van der Waals surface area contributed by atoms with Crippen molar-refractivity contribution in [3.63, 3.8) is 0 Å². The number of pyridine rings is 1. The average Bonchev–Trinajstić information content (AvgIpc) is 2.73. The number of nitrogens with zero attached hydrogens (tertiary/aromatic N) is 3. The molecule has 4 nitrogen and oxygen atoms in total. The van der Waals surface area contributed by atoms with Gasteiger partial charge in [0.2, 0.25) is 0 Å². The van der Waals surface area contributed by atoms with Gasteiger partial charge in [-0.05, 0) is 42.5 Å². The molecular weight excluding hydrogens is 212 g/mol. The first-order valence-corrected chi connectivity index (χ1v) is 5.80. The molecule has 0 aromatic carbocycles. The Morgan fingerprint density at radius 1 is 1.41 bits per heavy atom. The summed E-state index contributed by atoms with van der Waals surface area (Å²) in [5.41, 5.74) is 9.77. The molecule has 17 heavy (non-hydrogen) atoms. The van der Waals surface area contributed by atoms with Gasteiger partial charge in [-0.25, -0.2) is 0 Å². The Balaban J connectivity index is 1.98. The number of nitrogens with two attached hydrogens (primary N) is 1. The second-order valence-corrected chi connectivity index (χ2v) is 4.40. The minimum Gasteiger partial charge on any atom is -0.324 e. The second kappa shape index (κ2) is 5.10. The van der Waals surface area contributed by atoms with Crippen molar-refractivity contribution in [2.75, 3.05) is 0 Å². The second-order valence-electron chi connectivity index (χ2n) is 4.40. The normalized spacial score (nSPS) is 12.6. The van der Waals surface area contributed by atoms with Gasteiger partial charge in [-0.1, -0.05) is 0 Å². The molecule has 0 saturated heterocycles. The fraction of sp³-hybridized carbons (Fsp3) is 0.385. The molecule has 1 unspecified atom stereocenters. The van der Waals surface area contributed by atoms with E-state index in [1.807, 2.05) is 43.3 Å². The van der Waals surface area contributed by atoms with Crippen molar-refractivity contribution in [1.82, 2.24) is 14.8 Å². The maximum atomic E-state index is 6.20. The van der Waals surface area contributed by atoms with E-state index in [9.17, 15) is 0 Å². The summed E-state index contributed by atoms with van der Waals surface area (Å²) < 4.78 is 1.82. The van der Waals surface area contributed by atoms with Gasteiger partial charge in [0.15, 0.2) is 0 Å². The van der Waals surface area contributed by atoms with Crippen LogP contribution in [0.3, 0.4) is 0 Å². The van der Waals surface area contributed by atoms with Crippen LogP contribution >= 0.6 is 0 Å². The molecule has 0 radical (unpaired) electrons. The minimum absolute atomic E-state index is 0.0678. The Morgan fingerprint density at radius 3 is 2.88 bits per heavy atom. The van der Waals surface area contributed by atoms with Crippen LogP contribution in [0.2, 0.25) is 0 Å². The number of rotatable bonds is 4. The summed E-state index contributed by atoms with van der Waals surface area (Å²) >= 11 is 0. The molecule has 4 heteroatoms. The highest BCUT2D eigenvalue weighted by Crippen LogP contribution is 2.19. The first-order valence-electron chi connectivity index (χ1n) is 5.80. The van der Waals surface area contributed by atoms with Crippen molar-refractivity contribution in [2.45, 2.75) is 25.8 Å². The quantitative estimate of drug-likeness (QED) is 0.870. The lowest BCUT2D eigenvalue weighted by molar-refractivity contribution is 0.646. The maximum absolute atomic E-state index is 6.20. The van der Waals surface area contributed by atoms with Crippen molar-refractivity contribution < 1.29 is 0 Å². The van der Waals surface area contributed by atoms with Crippen molar-refractivity contribution in [1.29, 1.82) is 0 Å². The minimum atomic E-state index is 0.0678. The maximum Gasteiger partial charge on any atom is 0.0521 e. The van der Waals surface area contributed by atoms with E-state index < -0.39 is 0 Å². The van der Waals surface area contributed by atoms with Gasteiger partial charge in [0.05, 0.1) is 6.20 Å². The first kappa shape index (κ1) is 11.8. The summed E-state index contributed by atoms with van der Waals surface area (Å²) in [4.78, 5) is 4.08. The van der Waals surface area contributed by atoms with Crippen molar-refractivity contribution in [2.24, 2.45) is 12.8 Å². The Labute approximate surface area is 101 Å². The van der Waals surface area contributed by atoms with Gasteiger partial charge < -0.3 is 5.73 Å². The molecule has 2 aromatic heterocycles. The third kappa shape index (κ3) is 2.91. The van der Waals surface area contributed by atoms with Gasteiger partial charge in [0, 0.05) is 31.7 Å². The van der Waals surface area contributed by atoms with Gasteiger partial charge in [0.25, 0.3) is 0 Å². The van der Waals surface area contributed by atoms with E-state index >= 15 is 0 Å². The monoisotopic (exact) mass is 230 g/mol. The molecule has 0 fully saturated rings. The molecule has 2 rings (SSSR count).